The van der Waals surface area contributed by atoms with Crippen molar-refractivity contribution in [1.29, 1.82) is 0 Å². The van der Waals surface area contributed by atoms with E-state index in [9.17, 15) is 0 Å². The van der Waals surface area contributed by atoms with Crippen LogP contribution in [0, 0.1) is 6.42 Å². The van der Waals surface area contributed by atoms with Gasteiger partial charge >= 0.3 is 5.71 Å². The van der Waals surface area contributed by atoms with Gasteiger partial charge in [0.2, 0.25) is 0 Å². The first-order valence-corrected chi connectivity index (χ1v) is 2.33. The molecule has 0 saturated carbocycles. The summed E-state index contributed by atoms with van der Waals surface area (Å²) >= 11 is 0. The summed E-state index contributed by atoms with van der Waals surface area (Å²) in [7, 11) is 0. The summed E-state index contributed by atoms with van der Waals surface area (Å²) in [5.74, 6) is 0. The molecule has 0 spiro atoms. The topological polar surface area (TPSA) is 36.4 Å². The maximum absolute atomic E-state index is 8.16. The van der Waals surface area contributed by atoms with E-state index >= 15 is 0 Å². The minimum atomic E-state index is 0.590. The van der Waals surface area contributed by atoms with E-state index in [1.807, 2.05) is 18.6 Å². The third-order valence-electron chi connectivity index (χ3n) is 0.872. The van der Waals surface area contributed by atoms with Crippen molar-refractivity contribution in [3.63, 3.8) is 0 Å². The van der Waals surface area contributed by atoms with Gasteiger partial charge in [-0.3, -0.25) is 0 Å². The van der Waals surface area contributed by atoms with Crippen LogP contribution in [-0.4, -0.2) is 10.5 Å². The van der Waals surface area contributed by atoms with Gasteiger partial charge in [0.15, 0.2) is 0 Å². The SMILES string of the molecule is [N-]=[N+]=C1C=C[CH]C=C1. The maximum atomic E-state index is 8.16. The average molecular weight is 105 g/mol. The maximum Gasteiger partial charge on any atom is 0.314 e. The van der Waals surface area contributed by atoms with Gasteiger partial charge in [-0.25, -0.2) is 0 Å². The van der Waals surface area contributed by atoms with Crippen molar-refractivity contribution in [1.82, 2.24) is 0 Å². The van der Waals surface area contributed by atoms with Crippen LogP contribution in [0.1, 0.15) is 0 Å². The summed E-state index contributed by atoms with van der Waals surface area (Å²) in [5, 5.41) is 0. The molecule has 0 N–H and O–H groups in total. The van der Waals surface area contributed by atoms with Gasteiger partial charge in [-0.05, 0) is 0 Å². The largest absolute Gasteiger partial charge is 0.361 e. The van der Waals surface area contributed by atoms with Crippen LogP contribution in [-0.2, 0) is 0 Å². The number of rotatable bonds is 0. The molecule has 0 unspecified atom stereocenters. The molecular formula is C6H5N2. The third kappa shape index (κ3) is 0.922. The third-order valence-corrected chi connectivity index (χ3v) is 0.872. The number of hydrogen-bond acceptors (Lipinski definition) is 0. The zero-order valence-corrected chi connectivity index (χ0v) is 4.28. The van der Waals surface area contributed by atoms with E-state index in [2.05, 4.69) is 4.79 Å². The van der Waals surface area contributed by atoms with Crippen molar-refractivity contribution in [3.8, 4) is 0 Å². The molecule has 0 atom stereocenters. The van der Waals surface area contributed by atoms with Crippen molar-refractivity contribution in [2.75, 3.05) is 0 Å². The average Bonchev–Trinajstić information content (AvgIpc) is 1.90. The van der Waals surface area contributed by atoms with E-state index in [1.54, 1.807) is 12.2 Å². The number of allylic oxidation sites excluding steroid dienone is 4. The van der Waals surface area contributed by atoms with Gasteiger partial charge in [-0.15, -0.1) is 0 Å². The first-order chi connectivity index (χ1) is 3.93. The van der Waals surface area contributed by atoms with Gasteiger partial charge in [0.25, 0.3) is 0 Å². The standard InChI is InChI=1S/C6H5N2/c7-8-6-4-2-1-3-5-6/h1-5H. The van der Waals surface area contributed by atoms with E-state index in [-0.39, 0.29) is 0 Å². The molecule has 0 aliphatic heterocycles. The Balaban J connectivity index is 2.84. The summed E-state index contributed by atoms with van der Waals surface area (Å²) in [6.07, 6.45) is 8.94. The van der Waals surface area contributed by atoms with Gasteiger partial charge in [0.05, 0.1) is 0 Å². The molecule has 0 amide bonds. The zero-order valence-electron chi connectivity index (χ0n) is 4.28. The summed E-state index contributed by atoms with van der Waals surface area (Å²) < 4.78 is 0. The molecule has 0 heterocycles. The fourth-order valence-corrected chi connectivity index (χ4v) is 0.495. The van der Waals surface area contributed by atoms with E-state index in [0.717, 1.165) is 0 Å². The molecule has 0 aromatic rings. The Morgan fingerprint density at radius 3 is 2.25 bits per heavy atom. The van der Waals surface area contributed by atoms with E-state index in [1.165, 1.54) is 0 Å². The molecule has 0 bridgehead atoms. The van der Waals surface area contributed by atoms with Crippen LogP contribution in [0.2, 0.25) is 0 Å². The first kappa shape index (κ1) is 5.01. The molecule has 0 saturated heterocycles. The lowest BCUT2D eigenvalue weighted by atomic mass is 10.2. The van der Waals surface area contributed by atoms with Crippen molar-refractivity contribution in [2.24, 2.45) is 0 Å². The number of nitrogens with zero attached hydrogens (tertiary/aromatic N) is 2. The first-order valence-electron chi connectivity index (χ1n) is 2.33. The van der Waals surface area contributed by atoms with Crippen LogP contribution in [0.25, 0.3) is 5.53 Å². The van der Waals surface area contributed by atoms with Gasteiger partial charge in [0.1, 0.15) is 0 Å². The second kappa shape index (κ2) is 2.24. The molecule has 1 rings (SSSR count). The van der Waals surface area contributed by atoms with Crippen LogP contribution in [0.15, 0.2) is 24.3 Å². The Bertz CT molecular complexity index is 169. The lowest BCUT2D eigenvalue weighted by Crippen LogP contribution is -1.91. The fourth-order valence-electron chi connectivity index (χ4n) is 0.495. The molecule has 0 aromatic heterocycles. The molecule has 1 radical (unpaired) electrons. The summed E-state index contributed by atoms with van der Waals surface area (Å²) in [6.45, 7) is 0. The number of hydrogen-bond donors (Lipinski definition) is 0. The summed E-state index contributed by atoms with van der Waals surface area (Å²) in [5.41, 5.74) is 8.75. The molecule has 2 heteroatoms. The Labute approximate surface area is 47.8 Å². The van der Waals surface area contributed by atoms with Crippen molar-refractivity contribution in [3.05, 3.63) is 36.3 Å². The second-order valence-electron chi connectivity index (χ2n) is 1.44. The molecule has 1 aliphatic rings. The van der Waals surface area contributed by atoms with Gasteiger partial charge in [0, 0.05) is 18.6 Å². The normalized spacial score (nSPS) is 16.2. The highest BCUT2D eigenvalue weighted by Gasteiger charge is 1.97. The molecule has 0 aromatic carbocycles. The van der Waals surface area contributed by atoms with Gasteiger partial charge in [-0.2, -0.15) is 4.79 Å². The van der Waals surface area contributed by atoms with Crippen LogP contribution in [0.5, 0.6) is 0 Å². The Kier molecular flexibility index (Phi) is 1.40. The Morgan fingerprint density at radius 1 is 1.25 bits per heavy atom. The minimum Gasteiger partial charge on any atom is -0.361 e. The van der Waals surface area contributed by atoms with Crippen molar-refractivity contribution < 1.29 is 4.79 Å². The smallest absolute Gasteiger partial charge is 0.314 e. The van der Waals surface area contributed by atoms with E-state index in [0.29, 0.717) is 5.71 Å². The quantitative estimate of drug-likeness (QED) is 0.325. The highest BCUT2D eigenvalue weighted by molar-refractivity contribution is 6.00. The molecular weight excluding hydrogens is 100 g/mol. The van der Waals surface area contributed by atoms with E-state index in [4.69, 9.17) is 5.53 Å². The Morgan fingerprint density at radius 2 is 1.88 bits per heavy atom. The van der Waals surface area contributed by atoms with Gasteiger partial charge in [-0.1, -0.05) is 12.2 Å². The van der Waals surface area contributed by atoms with Crippen molar-refractivity contribution in [2.45, 2.75) is 0 Å². The van der Waals surface area contributed by atoms with Crippen LogP contribution in [0.4, 0.5) is 0 Å². The molecule has 2 nitrogen and oxygen atoms in total. The highest BCUT2D eigenvalue weighted by atomic mass is 14.8. The summed E-state index contributed by atoms with van der Waals surface area (Å²) in [4.78, 5) is 2.97. The van der Waals surface area contributed by atoms with Gasteiger partial charge < -0.3 is 5.53 Å². The van der Waals surface area contributed by atoms with Crippen LogP contribution in [0.3, 0.4) is 0 Å². The molecule has 8 heavy (non-hydrogen) atoms. The van der Waals surface area contributed by atoms with Crippen LogP contribution >= 0.6 is 0 Å². The summed E-state index contributed by atoms with van der Waals surface area (Å²) in [6, 6.07) is 0. The predicted octanol–water partition coefficient (Wildman–Crippen LogP) is 0.987. The highest BCUT2D eigenvalue weighted by Crippen LogP contribution is 1.92. The lowest BCUT2D eigenvalue weighted by Gasteiger charge is -1.84. The predicted molar refractivity (Wildman–Crippen MR) is 31.2 cm³/mol. The molecule has 39 valence electrons. The Hall–Kier alpha value is -1.14. The monoisotopic (exact) mass is 105 g/mol. The molecule has 0 fully saturated rings. The fraction of sp³-hybridized carbons (Fsp3) is 0. The van der Waals surface area contributed by atoms with E-state index < -0.39 is 0 Å². The van der Waals surface area contributed by atoms with Crippen LogP contribution < -0.4 is 0 Å². The lowest BCUT2D eigenvalue weighted by molar-refractivity contribution is -0.00156. The zero-order chi connectivity index (χ0) is 5.82. The second-order valence-corrected chi connectivity index (χ2v) is 1.44. The molecule has 1 aliphatic carbocycles. The minimum absolute atomic E-state index is 0.590. The van der Waals surface area contributed by atoms with Crippen molar-refractivity contribution >= 4 is 5.71 Å².